The van der Waals surface area contributed by atoms with Crippen molar-refractivity contribution in [2.75, 3.05) is 18.0 Å². The highest BCUT2D eigenvalue weighted by molar-refractivity contribution is 7.91. The van der Waals surface area contributed by atoms with Crippen molar-refractivity contribution in [2.45, 2.75) is 57.1 Å². The minimum Gasteiger partial charge on any atom is -0.591 e. The molecule has 1 saturated heterocycles. The number of likely N-dealkylation sites (tertiary alicyclic amines) is 1. The number of aliphatic hydroxyl groups is 1. The molecule has 2 aromatic carbocycles. The van der Waals surface area contributed by atoms with Crippen LogP contribution in [0.3, 0.4) is 0 Å². The maximum absolute atomic E-state index is 13.1. The maximum atomic E-state index is 13.1. The molecule has 4 heterocycles. The highest BCUT2D eigenvalue weighted by Crippen LogP contribution is 2.50. The van der Waals surface area contributed by atoms with Gasteiger partial charge in [-0.25, -0.2) is 4.99 Å². The molecule has 1 spiro atoms. The van der Waals surface area contributed by atoms with E-state index in [0.717, 1.165) is 34.0 Å². The maximum Gasteiger partial charge on any atom is 0.173 e. The first-order chi connectivity index (χ1) is 17.5. The zero-order valence-electron chi connectivity index (χ0n) is 21.1. The predicted octanol–water partition coefficient (Wildman–Crippen LogP) is 5.41. The molecule has 7 nitrogen and oxygen atoms in total. The third kappa shape index (κ3) is 3.64. The minimum atomic E-state index is -1.39. The van der Waals surface area contributed by atoms with Crippen molar-refractivity contribution in [3.8, 4) is 5.75 Å². The molecule has 6 rings (SSSR count). The first-order valence-corrected chi connectivity index (χ1v) is 14.2. The van der Waals surface area contributed by atoms with E-state index in [-0.39, 0.29) is 0 Å². The van der Waals surface area contributed by atoms with Crippen molar-refractivity contribution in [1.29, 1.82) is 0 Å². The fourth-order valence-corrected chi connectivity index (χ4v) is 7.17. The molecule has 1 unspecified atom stereocenters. The number of ether oxygens (including phenoxy) is 1. The Hall–Kier alpha value is -2.23. The van der Waals surface area contributed by atoms with E-state index in [4.69, 9.17) is 37.3 Å². The Balaban J connectivity index is 1.27. The van der Waals surface area contributed by atoms with Crippen molar-refractivity contribution in [3.05, 3.63) is 69.0 Å². The van der Waals surface area contributed by atoms with Crippen molar-refractivity contribution in [2.24, 2.45) is 9.39 Å². The monoisotopic (exact) mass is 558 g/mol. The van der Waals surface area contributed by atoms with Crippen molar-refractivity contribution in [1.82, 2.24) is 4.90 Å². The first-order valence-electron chi connectivity index (χ1n) is 12.3. The average molecular weight is 560 g/mol. The Morgan fingerprint density at radius 3 is 2.54 bits per heavy atom. The number of amidine groups is 1. The van der Waals surface area contributed by atoms with Gasteiger partial charge in [0, 0.05) is 37.1 Å². The summed E-state index contributed by atoms with van der Waals surface area (Å²) in [7, 11) is 0. The van der Waals surface area contributed by atoms with Gasteiger partial charge in [0.15, 0.2) is 16.6 Å². The molecule has 0 amide bonds. The average Bonchev–Trinajstić information content (AvgIpc) is 3.16. The Bertz CT molecular complexity index is 1400. The molecule has 0 bridgehead atoms. The van der Waals surface area contributed by atoms with E-state index in [1.165, 1.54) is 0 Å². The highest BCUT2D eigenvalue weighted by Gasteiger charge is 2.56. The van der Waals surface area contributed by atoms with E-state index in [1.807, 2.05) is 52.0 Å². The fourth-order valence-electron chi connectivity index (χ4n) is 5.77. The van der Waals surface area contributed by atoms with Crippen LogP contribution in [0.25, 0.3) is 0 Å². The van der Waals surface area contributed by atoms with Gasteiger partial charge in [0.1, 0.15) is 34.5 Å². The summed E-state index contributed by atoms with van der Waals surface area (Å²) in [6, 6.07) is 11.3. The lowest BCUT2D eigenvalue weighted by Crippen LogP contribution is -2.53. The van der Waals surface area contributed by atoms with Crippen LogP contribution in [0.2, 0.25) is 10.0 Å². The van der Waals surface area contributed by atoms with E-state index < -0.39 is 27.9 Å². The number of benzene rings is 2. The van der Waals surface area contributed by atoms with E-state index in [0.29, 0.717) is 47.5 Å². The Morgan fingerprint density at radius 2 is 1.81 bits per heavy atom. The summed E-state index contributed by atoms with van der Waals surface area (Å²) in [5.74, 6) is 2.20. The van der Waals surface area contributed by atoms with Crippen LogP contribution in [0.4, 0.5) is 5.69 Å². The van der Waals surface area contributed by atoms with Crippen LogP contribution in [-0.4, -0.2) is 51.0 Å². The third-order valence-corrected chi connectivity index (χ3v) is 10.2. The van der Waals surface area contributed by atoms with Gasteiger partial charge in [0.2, 0.25) is 0 Å². The van der Waals surface area contributed by atoms with Crippen LogP contribution in [0, 0.1) is 0 Å². The van der Waals surface area contributed by atoms with Crippen LogP contribution in [0.5, 0.6) is 5.75 Å². The molecule has 4 aliphatic rings. The normalized spacial score (nSPS) is 25.6. The number of aliphatic imine (C=N–C) groups is 1. The number of halogens is 2. The third-order valence-electron chi connectivity index (χ3n) is 7.92. The molecule has 1 fully saturated rings. The van der Waals surface area contributed by atoms with Gasteiger partial charge in [0.05, 0.1) is 21.3 Å². The van der Waals surface area contributed by atoms with Crippen LogP contribution in [0.1, 0.15) is 51.7 Å². The summed E-state index contributed by atoms with van der Waals surface area (Å²) in [4.78, 5) is 8.76. The van der Waals surface area contributed by atoms with Crippen molar-refractivity contribution in [3.63, 3.8) is 0 Å². The van der Waals surface area contributed by atoms with Gasteiger partial charge in [0.25, 0.3) is 0 Å². The van der Waals surface area contributed by atoms with Gasteiger partial charge in [-0.3, -0.25) is 4.90 Å². The molecule has 2 aromatic rings. The Labute approximate surface area is 229 Å². The molecular weight excluding hydrogens is 531 g/mol. The van der Waals surface area contributed by atoms with Gasteiger partial charge in [-0.1, -0.05) is 45.8 Å². The number of fused-ring (bicyclic) bond motifs is 1. The summed E-state index contributed by atoms with van der Waals surface area (Å²) < 4.78 is 23.8. The lowest BCUT2D eigenvalue weighted by atomic mass is 9.82. The lowest BCUT2D eigenvalue weighted by Gasteiger charge is -2.43. The van der Waals surface area contributed by atoms with Crippen LogP contribution in [-0.2, 0) is 16.1 Å². The quantitative estimate of drug-likeness (QED) is 0.498. The second-order valence-electron chi connectivity index (χ2n) is 10.4. The Kier molecular flexibility index (Phi) is 5.86. The summed E-state index contributed by atoms with van der Waals surface area (Å²) in [5.41, 5.74) is 3.58. The molecule has 2 atom stereocenters. The number of aliphatic hydroxyl groups excluding tert-OH is 1. The molecule has 0 radical (unpaired) electrons. The zero-order valence-corrected chi connectivity index (χ0v) is 23.4. The van der Waals surface area contributed by atoms with E-state index in [9.17, 15) is 9.66 Å². The van der Waals surface area contributed by atoms with Gasteiger partial charge < -0.3 is 19.3 Å². The number of hydrogen-bond donors (Lipinski definition) is 1. The number of rotatable bonds is 2. The molecule has 10 heteroatoms. The highest BCUT2D eigenvalue weighted by atomic mass is 35.5. The molecule has 194 valence electrons. The van der Waals surface area contributed by atoms with Crippen molar-refractivity contribution < 1.29 is 14.4 Å². The minimum absolute atomic E-state index is 0.375. The summed E-state index contributed by atoms with van der Waals surface area (Å²) in [6.45, 7) is 8.99. The van der Waals surface area contributed by atoms with E-state index in [2.05, 4.69) is 4.90 Å². The lowest BCUT2D eigenvalue weighted by molar-refractivity contribution is 0.0761. The van der Waals surface area contributed by atoms with Gasteiger partial charge >= 0.3 is 0 Å². The topological polar surface area (TPSA) is 83.7 Å². The molecule has 0 aliphatic carbocycles. The van der Waals surface area contributed by atoms with E-state index in [1.54, 1.807) is 17.0 Å². The van der Waals surface area contributed by atoms with Gasteiger partial charge in [-0.05, 0) is 45.9 Å². The second-order valence-corrected chi connectivity index (χ2v) is 12.9. The molecule has 1 N–H and O–H groups in total. The van der Waals surface area contributed by atoms with Crippen LogP contribution >= 0.6 is 23.2 Å². The zero-order chi connectivity index (χ0) is 26.3. The predicted molar refractivity (Wildman–Crippen MR) is 149 cm³/mol. The first kappa shape index (κ1) is 25.1. The standard InChI is InChI=1S/C27H28Cl2N4O3S/c1-15-24(30-16(2)33(25(15)34)19-9-6-8-18(28)22(19)29)32-13-11-27(12-14-32)23-21-17(7-5-10-20(21)36-27)26(3,4)37(35)31-23/h5-10,25,34H,11-14H2,1-4H3/t25?,37-/m1/s1. The molecule has 4 aliphatic heterocycles. The number of anilines is 1. The summed E-state index contributed by atoms with van der Waals surface area (Å²) >= 11 is 11.3. The van der Waals surface area contributed by atoms with E-state index >= 15 is 0 Å². The molecule has 0 saturated carbocycles. The molecular formula is C27H28Cl2N4O3S. The van der Waals surface area contributed by atoms with Crippen LogP contribution in [0.15, 0.2) is 57.2 Å². The second kappa shape index (κ2) is 8.64. The molecule has 0 aromatic heterocycles. The van der Waals surface area contributed by atoms with Crippen LogP contribution < -0.4 is 9.64 Å². The Morgan fingerprint density at radius 1 is 1.11 bits per heavy atom. The van der Waals surface area contributed by atoms with Gasteiger partial charge in [-0.2, -0.15) is 0 Å². The SMILES string of the molecule is CC1=NC(N2CCC3(CC2)Oc2cccc4c2C3=N[S@+]([O-])C4(C)C)=C(C)C(O)N1c1cccc(Cl)c1Cl. The number of piperidine rings is 1. The van der Waals surface area contributed by atoms with Crippen molar-refractivity contribution >= 4 is 51.8 Å². The fraction of sp³-hybridized carbons (Fsp3) is 0.407. The molecule has 37 heavy (non-hydrogen) atoms. The smallest absolute Gasteiger partial charge is 0.173 e. The summed E-state index contributed by atoms with van der Waals surface area (Å²) in [6.07, 6.45) is 0.410. The number of nitrogens with zero attached hydrogens (tertiary/aromatic N) is 4. The summed E-state index contributed by atoms with van der Waals surface area (Å²) in [5, 5.41) is 12.1. The number of hydrogen-bond acceptors (Lipinski definition) is 7. The van der Waals surface area contributed by atoms with Gasteiger partial charge in [-0.15, -0.1) is 0 Å². The largest absolute Gasteiger partial charge is 0.591 e.